The number of likely N-dealkylation sites (N-methyl/N-ethyl adjacent to an activating group) is 1. The van der Waals surface area contributed by atoms with Crippen molar-refractivity contribution < 1.29 is 4.79 Å². The molecule has 88 valence electrons. The molecule has 4 nitrogen and oxygen atoms in total. The van der Waals surface area contributed by atoms with Crippen LogP contribution in [0.3, 0.4) is 0 Å². The number of amides is 1. The summed E-state index contributed by atoms with van der Waals surface area (Å²) in [4.78, 5) is 17.7. The summed E-state index contributed by atoms with van der Waals surface area (Å²) in [6.45, 7) is 5.84. The maximum Gasteiger partial charge on any atom is 0.245 e. The minimum Gasteiger partial charge on any atom is -0.319 e. The number of nitrogens with two attached hydrogens (primary N) is 1. The first kappa shape index (κ1) is 12.6. The summed E-state index contributed by atoms with van der Waals surface area (Å²) < 4.78 is 0. The van der Waals surface area contributed by atoms with Crippen LogP contribution in [0.1, 0.15) is 20.8 Å². The molecule has 1 amide bonds. The summed E-state index contributed by atoms with van der Waals surface area (Å²) in [5, 5.41) is 0. The number of pyridine rings is 1. The SMILES string of the molecule is CN(C(=O)[C@@H](N)C(C)(C)C)c1ccccn1. The van der Waals surface area contributed by atoms with Gasteiger partial charge in [-0.2, -0.15) is 0 Å². The standard InChI is InChI=1S/C12H19N3O/c1-12(2,3)10(13)11(16)15(4)9-7-5-6-8-14-9/h5-8,10H,13H2,1-4H3/t10-/m1/s1. The fourth-order valence-electron chi connectivity index (χ4n) is 1.24. The number of aromatic nitrogens is 1. The van der Waals surface area contributed by atoms with Crippen LogP contribution >= 0.6 is 0 Å². The summed E-state index contributed by atoms with van der Waals surface area (Å²) in [7, 11) is 1.69. The molecule has 0 saturated heterocycles. The van der Waals surface area contributed by atoms with Crippen molar-refractivity contribution in [2.45, 2.75) is 26.8 Å². The quantitative estimate of drug-likeness (QED) is 0.821. The molecule has 0 fully saturated rings. The highest BCUT2D eigenvalue weighted by Gasteiger charge is 2.30. The van der Waals surface area contributed by atoms with Crippen LogP contribution in [0.4, 0.5) is 5.82 Å². The average Bonchev–Trinajstić information content (AvgIpc) is 2.26. The van der Waals surface area contributed by atoms with Crippen molar-refractivity contribution in [3.8, 4) is 0 Å². The van der Waals surface area contributed by atoms with E-state index in [9.17, 15) is 4.79 Å². The maximum atomic E-state index is 12.1. The van der Waals surface area contributed by atoms with Gasteiger partial charge in [-0.25, -0.2) is 4.98 Å². The lowest BCUT2D eigenvalue weighted by Gasteiger charge is -2.29. The first-order chi connectivity index (χ1) is 7.34. The Hall–Kier alpha value is -1.42. The zero-order valence-electron chi connectivity index (χ0n) is 10.3. The molecule has 0 aliphatic heterocycles. The lowest BCUT2D eigenvalue weighted by molar-refractivity contribution is -0.121. The second-order valence-corrected chi connectivity index (χ2v) is 4.93. The van der Waals surface area contributed by atoms with Crippen LogP contribution in [0.15, 0.2) is 24.4 Å². The van der Waals surface area contributed by atoms with Gasteiger partial charge in [0.25, 0.3) is 0 Å². The van der Waals surface area contributed by atoms with Crippen molar-refractivity contribution in [1.29, 1.82) is 0 Å². The number of hydrogen-bond acceptors (Lipinski definition) is 3. The molecule has 0 unspecified atom stereocenters. The van der Waals surface area contributed by atoms with Crippen molar-refractivity contribution in [1.82, 2.24) is 4.98 Å². The number of rotatable bonds is 2. The molecule has 4 heteroatoms. The zero-order chi connectivity index (χ0) is 12.3. The number of anilines is 1. The highest BCUT2D eigenvalue weighted by Crippen LogP contribution is 2.20. The molecule has 1 atom stereocenters. The van der Waals surface area contributed by atoms with Crippen LogP contribution < -0.4 is 10.6 Å². The summed E-state index contributed by atoms with van der Waals surface area (Å²) in [5.41, 5.74) is 5.66. The monoisotopic (exact) mass is 221 g/mol. The van der Waals surface area contributed by atoms with Crippen molar-refractivity contribution in [2.75, 3.05) is 11.9 Å². The van der Waals surface area contributed by atoms with E-state index in [1.807, 2.05) is 32.9 Å². The first-order valence-electron chi connectivity index (χ1n) is 5.28. The third-order valence-corrected chi connectivity index (χ3v) is 2.52. The molecule has 16 heavy (non-hydrogen) atoms. The molecule has 2 N–H and O–H groups in total. The fourth-order valence-corrected chi connectivity index (χ4v) is 1.24. The summed E-state index contributed by atoms with van der Waals surface area (Å²) in [6.07, 6.45) is 1.65. The molecule has 0 saturated carbocycles. The second kappa shape index (κ2) is 4.61. The fraction of sp³-hybridized carbons (Fsp3) is 0.500. The van der Waals surface area contributed by atoms with E-state index in [1.54, 1.807) is 19.3 Å². The molecular formula is C12H19N3O. The van der Waals surface area contributed by atoms with E-state index in [2.05, 4.69) is 4.98 Å². The molecular weight excluding hydrogens is 202 g/mol. The summed E-state index contributed by atoms with van der Waals surface area (Å²) in [5.74, 6) is 0.499. The third kappa shape index (κ3) is 2.79. The second-order valence-electron chi connectivity index (χ2n) is 4.93. The van der Waals surface area contributed by atoms with Gasteiger partial charge in [-0.3, -0.25) is 9.69 Å². The van der Waals surface area contributed by atoms with Crippen molar-refractivity contribution in [3.05, 3.63) is 24.4 Å². The smallest absolute Gasteiger partial charge is 0.245 e. The van der Waals surface area contributed by atoms with Crippen LogP contribution in [0.5, 0.6) is 0 Å². The van der Waals surface area contributed by atoms with Gasteiger partial charge in [0.2, 0.25) is 5.91 Å². The Morgan fingerprint density at radius 3 is 2.50 bits per heavy atom. The summed E-state index contributed by atoms with van der Waals surface area (Å²) in [6, 6.07) is 4.91. The zero-order valence-corrected chi connectivity index (χ0v) is 10.3. The summed E-state index contributed by atoms with van der Waals surface area (Å²) >= 11 is 0. The minimum atomic E-state index is -0.528. The molecule has 0 spiro atoms. The van der Waals surface area contributed by atoms with E-state index < -0.39 is 6.04 Å². The Morgan fingerprint density at radius 1 is 1.44 bits per heavy atom. The predicted octanol–water partition coefficient (Wildman–Crippen LogP) is 1.42. The Kier molecular flexibility index (Phi) is 3.65. The Bertz CT molecular complexity index is 356. The molecule has 0 bridgehead atoms. The Balaban J connectivity index is 2.84. The van der Waals surface area contributed by atoms with E-state index in [0.717, 1.165) is 0 Å². The highest BCUT2D eigenvalue weighted by molar-refractivity contribution is 5.96. The van der Waals surface area contributed by atoms with Gasteiger partial charge in [-0.15, -0.1) is 0 Å². The highest BCUT2D eigenvalue weighted by atomic mass is 16.2. The molecule has 0 aliphatic carbocycles. The molecule has 1 heterocycles. The first-order valence-corrected chi connectivity index (χ1v) is 5.28. The van der Waals surface area contributed by atoms with Gasteiger partial charge in [-0.05, 0) is 17.5 Å². The molecule has 1 rings (SSSR count). The van der Waals surface area contributed by atoms with Crippen LogP contribution in [0, 0.1) is 5.41 Å². The molecule has 0 aliphatic rings. The molecule has 1 aromatic rings. The number of carbonyl (C=O) groups excluding carboxylic acids is 1. The van der Waals surface area contributed by atoms with E-state index in [4.69, 9.17) is 5.73 Å². The van der Waals surface area contributed by atoms with Crippen LogP contribution in [-0.2, 0) is 4.79 Å². The van der Waals surface area contributed by atoms with Gasteiger partial charge in [0.1, 0.15) is 5.82 Å². The largest absolute Gasteiger partial charge is 0.319 e. The van der Waals surface area contributed by atoms with E-state index in [0.29, 0.717) is 5.82 Å². The van der Waals surface area contributed by atoms with E-state index in [-0.39, 0.29) is 11.3 Å². The Morgan fingerprint density at radius 2 is 2.06 bits per heavy atom. The van der Waals surface area contributed by atoms with Gasteiger partial charge in [0.05, 0.1) is 6.04 Å². The van der Waals surface area contributed by atoms with Crippen LogP contribution in [0.25, 0.3) is 0 Å². The van der Waals surface area contributed by atoms with Crippen LogP contribution in [-0.4, -0.2) is 24.0 Å². The average molecular weight is 221 g/mol. The van der Waals surface area contributed by atoms with Gasteiger partial charge in [-0.1, -0.05) is 26.8 Å². The van der Waals surface area contributed by atoms with Gasteiger partial charge < -0.3 is 5.73 Å². The topological polar surface area (TPSA) is 59.2 Å². The molecule has 0 radical (unpaired) electrons. The molecule has 0 aromatic carbocycles. The maximum absolute atomic E-state index is 12.1. The van der Waals surface area contributed by atoms with E-state index >= 15 is 0 Å². The number of hydrogen-bond donors (Lipinski definition) is 1. The van der Waals surface area contributed by atoms with E-state index in [1.165, 1.54) is 4.90 Å². The van der Waals surface area contributed by atoms with Crippen molar-refractivity contribution in [2.24, 2.45) is 11.1 Å². The van der Waals surface area contributed by atoms with Crippen molar-refractivity contribution in [3.63, 3.8) is 0 Å². The lowest BCUT2D eigenvalue weighted by Crippen LogP contribution is -2.49. The third-order valence-electron chi connectivity index (χ3n) is 2.52. The Labute approximate surface area is 96.5 Å². The lowest BCUT2D eigenvalue weighted by atomic mass is 9.86. The van der Waals surface area contributed by atoms with Gasteiger partial charge in [0.15, 0.2) is 0 Å². The molecule has 1 aromatic heterocycles. The van der Waals surface area contributed by atoms with Crippen molar-refractivity contribution >= 4 is 11.7 Å². The predicted molar refractivity (Wildman–Crippen MR) is 65.1 cm³/mol. The van der Waals surface area contributed by atoms with Gasteiger partial charge >= 0.3 is 0 Å². The normalized spacial score (nSPS) is 13.3. The van der Waals surface area contributed by atoms with Gasteiger partial charge in [0, 0.05) is 13.2 Å². The minimum absolute atomic E-state index is 0.119. The number of nitrogens with zero attached hydrogens (tertiary/aromatic N) is 2. The van der Waals surface area contributed by atoms with Crippen LogP contribution in [0.2, 0.25) is 0 Å². The number of carbonyl (C=O) groups is 1.